The van der Waals surface area contributed by atoms with Crippen LogP contribution in [0.2, 0.25) is 5.15 Å². The van der Waals surface area contributed by atoms with Gasteiger partial charge in [-0.3, -0.25) is 5.10 Å². The molecule has 7 nitrogen and oxygen atoms in total. The van der Waals surface area contributed by atoms with E-state index >= 15 is 0 Å². The monoisotopic (exact) mass is 476 g/mol. The van der Waals surface area contributed by atoms with Crippen LogP contribution in [0.1, 0.15) is 56.8 Å². The predicted molar refractivity (Wildman–Crippen MR) is 133 cm³/mol. The Labute approximate surface area is 203 Å². The maximum atomic E-state index is 6.23. The van der Waals surface area contributed by atoms with Gasteiger partial charge in [0.25, 0.3) is 0 Å². The minimum atomic E-state index is 0.311. The number of aromatic nitrogens is 5. The second-order valence-corrected chi connectivity index (χ2v) is 10.1. The number of H-pyrrole nitrogens is 1. The average Bonchev–Trinajstić information content (AvgIpc) is 3.52. The topological polar surface area (TPSA) is 83.7 Å². The summed E-state index contributed by atoms with van der Waals surface area (Å²) in [6.45, 7) is 3.43. The molecular formula is C26H29ClN6O. The summed E-state index contributed by atoms with van der Waals surface area (Å²) in [6, 6.07) is 9.77. The number of pyridine rings is 1. The van der Waals surface area contributed by atoms with Crippen molar-refractivity contribution < 1.29 is 4.42 Å². The summed E-state index contributed by atoms with van der Waals surface area (Å²) in [5.74, 6) is 2.49. The van der Waals surface area contributed by atoms with E-state index < -0.39 is 0 Å². The van der Waals surface area contributed by atoms with E-state index in [1.165, 1.54) is 51.6 Å². The Morgan fingerprint density at radius 2 is 1.91 bits per heavy atom. The van der Waals surface area contributed by atoms with E-state index in [9.17, 15) is 0 Å². The molecule has 2 fully saturated rings. The van der Waals surface area contributed by atoms with Crippen molar-refractivity contribution in [2.24, 2.45) is 5.92 Å². The van der Waals surface area contributed by atoms with Crippen molar-refractivity contribution in [3.8, 4) is 22.7 Å². The van der Waals surface area contributed by atoms with Crippen LogP contribution in [0.15, 0.2) is 40.9 Å². The minimum absolute atomic E-state index is 0.311. The van der Waals surface area contributed by atoms with Gasteiger partial charge in [0.15, 0.2) is 0 Å². The standard InChI is InChI=1S/C26H29ClN6O/c27-23-14-18(10-11-28-23)24-21-13-19(8-9-22(21)29-30-24)25-31-32-26(34-25)20-7-4-12-33(16-20)15-17-5-2-1-3-6-17/h8-11,13-14,17,20H,1-7,12,15-16H2,(H,29,30)/t20-/m1/s1. The molecule has 0 spiro atoms. The maximum absolute atomic E-state index is 6.23. The van der Waals surface area contributed by atoms with Gasteiger partial charge >= 0.3 is 0 Å². The van der Waals surface area contributed by atoms with Crippen LogP contribution in [0, 0.1) is 5.92 Å². The molecule has 1 aliphatic heterocycles. The molecule has 1 saturated carbocycles. The number of benzene rings is 1. The molecule has 34 heavy (non-hydrogen) atoms. The van der Waals surface area contributed by atoms with Gasteiger partial charge in [0.1, 0.15) is 10.8 Å². The Kier molecular flexibility index (Phi) is 6.05. The number of rotatable bonds is 5. The summed E-state index contributed by atoms with van der Waals surface area (Å²) < 4.78 is 6.23. The van der Waals surface area contributed by atoms with Crippen LogP contribution >= 0.6 is 11.6 Å². The van der Waals surface area contributed by atoms with Gasteiger partial charge < -0.3 is 9.32 Å². The van der Waals surface area contributed by atoms with Crippen molar-refractivity contribution in [2.45, 2.75) is 50.9 Å². The quantitative estimate of drug-likeness (QED) is 0.351. The van der Waals surface area contributed by atoms with Gasteiger partial charge in [0.2, 0.25) is 11.8 Å². The van der Waals surface area contributed by atoms with Crippen LogP contribution in [0.5, 0.6) is 0 Å². The highest BCUT2D eigenvalue weighted by Gasteiger charge is 2.28. The Bertz CT molecular complexity index is 1280. The molecule has 0 radical (unpaired) electrons. The zero-order valence-electron chi connectivity index (χ0n) is 19.2. The molecular weight excluding hydrogens is 448 g/mol. The number of likely N-dealkylation sites (tertiary alicyclic amines) is 1. The van der Waals surface area contributed by atoms with Crippen LogP contribution in [-0.4, -0.2) is 49.9 Å². The average molecular weight is 477 g/mol. The second-order valence-electron chi connectivity index (χ2n) is 9.75. The molecule has 1 saturated heterocycles. The lowest BCUT2D eigenvalue weighted by atomic mass is 9.88. The molecule has 0 unspecified atom stereocenters. The fourth-order valence-electron chi connectivity index (χ4n) is 5.59. The minimum Gasteiger partial charge on any atom is -0.420 e. The zero-order chi connectivity index (χ0) is 22.9. The number of hydrogen-bond acceptors (Lipinski definition) is 6. The first-order valence-corrected chi connectivity index (χ1v) is 12.8. The smallest absolute Gasteiger partial charge is 0.247 e. The number of nitrogens with zero attached hydrogens (tertiary/aromatic N) is 5. The fraction of sp³-hybridized carbons (Fsp3) is 0.462. The summed E-state index contributed by atoms with van der Waals surface area (Å²) in [5.41, 5.74) is 3.57. The van der Waals surface area contributed by atoms with E-state index in [4.69, 9.17) is 16.0 Å². The Morgan fingerprint density at radius 3 is 2.79 bits per heavy atom. The molecule has 0 amide bonds. The van der Waals surface area contributed by atoms with E-state index in [0.29, 0.717) is 17.0 Å². The van der Waals surface area contributed by atoms with Gasteiger partial charge in [-0.25, -0.2) is 4.98 Å². The van der Waals surface area contributed by atoms with E-state index in [-0.39, 0.29) is 0 Å². The van der Waals surface area contributed by atoms with Crippen LogP contribution in [0.25, 0.3) is 33.6 Å². The first-order chi connectivity index (χ1) is 16.7. The van der Waals surface area contributed by atoms with Crippen molar-refractivity contribution in [2.75, 3.05) is 19.6 Å². The lowest BCUT2D eigenvalue weighted by molar-refractivity contribution is 0.152. The highest BCUT2D eigenvalue weighted by Crippen LogP contribution is 2.33. The SMILES string of the molecule is Clc1cc(-c2n[nH]c3ccc(-c4nnc([C@@H]5CCCN(CC6CCCCC6)C5)o4)cc23)ccn1. The molecule has 8 heteroatoms. The molecule has 1 aromatic carbocycles. The Balaban J connectivity index is 1.22. The molecule has 4 aromatic rings. The van der Waals surface area contributed by atoms with E-state index in [1.807, 2.05) is 24.3 Å². The van der Waals surface area contributed by atoms with Gasteiger partial charge in [0.05, 0.1) is 11.4 Å². The molecule has 1 atom stereocenters. The summed E-state index contributed by atoms with van der Waals surface area (Å²) in [4.78, 5) is 6.69. The van der Waals surface area contributed by atoms with Gasteiger partial charge in [-0.15, -0.1) is 10.2 Å². The lowest BCUT2D eigenvalue weighted by Crippen LogP contribution is -2.38. The molecule has 4 heterocycles. The molecule has 1 aliphatic carbocycles. The summed E-state index contributed by atoms with van der Waals surface area (Å²) in [7, 11) is 0. The first-order valence-electron chi connectivity index (χ1n) is 12.4. The van der Waals surface area contributed by atoms with Crippen molar-refractivity contribution in [3.05, 3.63) is 47.6 Å². The van der Waals surface area contributed by atoms with Crippen LogP contribution in [0.4, 0.5) is 0 Å². The van der Waals surface area contributed by atoms with Crippen LogP contribution < -0.4 is 0 Å². The third-order valence-electron chi connectivity index (χ3n) is 7.35. The number of nitrogens with one attached hydrogen (secondary N) is 1. The normalized spacial score (nSPS) is 20.2. The molecule has 3 aromatic heterocycles. The van der Waals surface area contributed by atoms with Crippen molar-refractivity contribution in [3.63, 3.8) is 0 Å². The highest BCUT2D eigenvalue weighted by atomic mass is 35.5. The Hall–Kier alpha value is -2.77. The molecule has 1 N–H and O–H groups in total. The van der Waals surface area contributed by atoms with Crippen molar-refractivity contribution in [1.82, 2.24) is 30.3 Å². The van der Waals surface area contributed by atoms with E-state index in [0.717, 1.165) is 52.5 Å². The van der Waals surface area contributed by atoms with Crippen LogP contribution in [0.3, 0.4) is 0 Å². The lowest BCUT2D eigenvalue weighted by Gasteiger charge is -2.34. The third kappa shape index (κ3) is 4.46. The molecule has 176 valence electrons. The van der Waals surface area contributed by atoms with E-state index in [1.54, 1.807) is 6.20 Å². The van der Waals surface area contributed by atoms with Gasteiger partial charge in [-0.05, 0) is 68.5 Å². The zero-order valence-corrected chi connectivity index (χ0v) is 20.0. The van der Waals surface area contributed by atoms with Crippen LogP contribution in [-0.2, 0) is 0 Å². The van der Waals surface area contributed by atoms with Gasteiger partial charge in [-0.2, -0.15) is 5.10 Å². The molecule has 2 aliphatic rings. The third-order valence-corrected chi connectivity index (χ3v) is 7.55. The number of halogens is 1. The first kappa shape index (κ1) is 21.7. The number of fused-ring (bicyclic) bond motifs is 1. The Morgan fingerprint density at radius 1 is 1.00 bits per heavy atom. The number of aromatic amines is 1. The second kappa shape index (κ2) is 9.47. The largest absolute Gasteiger partial charge is 0.420 e. The summed E-state index contributed by atoms with van der Waals surface area (Å²) in [5, 5.41) is 17.9. The number of hydrogen-bond donors (Lipinski definition) is 1. The summed E-state index contributed by atoms with van der Waals surface area (Å²) >= 11 is 6.10. The number of piperidine rings is 1. The van der Waals surface area contributed by atoms with Gasteiger partial charge in [-0.1, -0.05) is 30.9 Å². The van der Waals surface area contributed by atoms with Crippen molar-refractivity contribution >= 4 is 22.5 Å². The van der Waals surface area contributed by atoms with Gasteiger partial charge in [0, 0.05) is 35.8 Å². The summed E-state index contributed by atoms with van der Waals surface area (Å²) in [6.07, 6.45) is 11.0. The molecule has 6 rings (SSSR count). The molecule has 0 bridgehead atoms. The van der Waals surface area contributed by atoms with E-state index in [2.05, 4.69) is 36.3 Å². The maximum Gasteiger partial charge on any atom is 0.247 e. The highest BCUT2D eigenvalue weighted by molar-refractivity contribution is 6.29. The predicted octanol–water partition coefficient (Wildman–Crippen LogP) is 6.09. The van der Waals surface area contributed by atoms with Crippen molar-refractivity contribution in [1.29, 1.82) is 0 Å². The fourth-order valence-corrected chi connectivity index (χ4v) is 5.76.